The van der Waals surface area contributed by atoms with Gasteiger partial charge in [0.15, 0.2) is 0 Å². The Bertz CT molecular complexity index is 561. The third-order valence-corrected chi connectivity index (χ3v) is 3.47. The Balaban J connectivity index is 1.75. The maximum Gasteiger partial charge on any atom is 0.137 e. The Morgan fingerprint density at radius 3 is 2.45 bits per heavy atom. The van der Waals surface area contributed by atoms with Crippen molar-refractivity contribution in [3.8, 4) is 22.8 Å². The molecule has 2 rings (SSSR count). The van der Waals surface area contributed by atoms with Crippen LogP contribution in [0.1, 0.15) is 32.1 Å². The third-order valence-electron chi connectivity index (χ3n) is 3.47. The lowest BCUT2D eigenvalue weighted by Crippen LogP contribution is -1.97. The van der Waals surface area contributed by atoms with Crippen LogP contribution in [0, 0.1) is 0 Å². The van der Waals surface area contributed by atoms with Crippen molar-refractivity contribution in [2.75, 3.05) is 6.61 Å². The van der Waals surface area contributed by atoms with Crippen LogP contribution in [-0.4, -0.2) is 16.7 Å². The first-order valence-electron chi connectivity index (χ1n) is 7.79. The van der Waals surface area contributed by atoms with Gasteiger partial charge in [-0.15, -0.1) is 6.58 Å². The molecule has 116 valence electrons. The maximum atomic E-state index is 9.29. The van der Waals surface area contributed by atoms with Crippen LogP contribution < -0.4 is 4.74 Å². The van der Waals surface area contributed by atoms with Crippen LogP contribution in [0.4, 0.5) is 0 Å². The molecule has 0 saturated carbocycles. The van der Waals surface area contributed by atoms with Crippen molar-refractivity contribution in [3.05, 3.63) is 55.3 Å². The van der Waals surface area contributed by atoms with E-state index in [-0.39, 0.29) is 5.75 Å². The Kier molecular flexibility index (Phi) is 6.49. The summed E-state index contributed by atoms with van der Waals surface area (Å²) in [4.78, 5) is 4.40. The standard InChI is InChI=1S/C19H23NO2/c1-2-3-4-5-6-7-14-22-18-12-13-19(20-15-18)16-8-10-17(21)11-9-16/h2,8-13,15,21H,1,3-7,14H2. The summed E-state index contributed by atoms with van der Waals surface area (Å²) in [6.07, 6.45) is 9.52. The van der Waals surface area contributed by atoms with Crippen molar-refractivity contribution in [1.29, 1.82) is 0 Å². The van der Waals surface area contributed by atoms with Crippen molar-refractivity contribution < 1.29 is 9.84 Å². The molecule has 22 heavy (non-hydrogen) atoms. The predicted molar refractivity (Wildman–Crippen MR) is 90.1 cm³/mol. The second kappa shape index (κ2) is 8.88. The first-order chi connectivity index (χ1) is 10.8. The molecule has 1 N–H and O–H groups in total. The van der Waals surface area contributed by atoms with E-state index in [0.717, 1.165) is 36.5 Å². The molecule has 0 aliphatic rings. The van der Waals surface area contributed by atoms with Crippen molar-refractivity contribution in [1.82, 2.24) is 4.98 Å². The molecule has 0 unspecified atom stereocenters. The average Bonchev–Trinajstić information content (AvgIpc) is 2.55. The highest BCUT2D eigenvalue weighted by Gasteiger charge is 2.00. The quantitative estimate of drug-likeness (QED) is 0.525. The van der Waals surface area contributed by atoms with Crippen LogP contribution in [-0.2, 0) is 0 Å². The summed E-state index contributed by atoms with van der Waals surface area (Å²) in [5, 5.41) is 9.29. The number of aromatic hydroxyl groups is 1. The topological polar surface area (TPSA) is 42.4 Å². The van der Waals surface area contributed by atoms with Crippen LogP contribution in [0.2, 0.25) is 0 Å². The molecule has 0 atom stereocenters. The van der Waals surface area contributed by atoms with E-state index in [9.17, 15) is 5.11 Å². The molecular formula is C19H23NO2. The minimum Gasteiger partial charge on any atom is -0.508 e. The number of benzene rings is 1. The molecule has 0 amide bonds. The first kappa shape index (κ1) is 16.1. The van der Waals surface area contributed by atoms with E-state index in [1.165, 1.54) is 19.3 Å². The highest BCUT2D eigenvalue weighted by atomic mass is 16.5. The number of allylic oxidation sites excluding steroid dienone is 1. The minimum atomic E-state index is 0.261. The van der Waals surface area contributed by atoms with Gasteiger partial charge < -0.3 is 9.84 Å². The van der Waals surface area contributed by atoms with Crippen molar-refractivity contribution in [3.63, 3.8) is 0 Å². The molecule has 1 aromatic heterocycles. The fourth-order valence-electron chi connectivity index (χ4n) is 2.20. The van der Waals surface area contributed by atoms with Crippen LogP contribution in [0.3, 0.4) is 0 Å². The van der Waals surface area contributed by atoms with E-state index in [1.807, 2.05) is 30.3 Å². The van der Waals surface area contributed by atoms with Gasteiger partial charge in [0.1, 0.15) is 11.5 Å². The summed E-state index contributed by atoms with van der Waals surface area (Å²) in [7, 11) is 0. The predicted octanol–water partition coefficient (Wildman–Crippen LogP) is 4.97. The largest absolute Gasteiger partial charge is 0.508 e. The lowest BCUT2D eigenvalue weighted by Gasteiger charge is -2.07. The van der Waals surface area contributed by atoms with Crippen LogP contribution >= 0.6 is 0 Å². The van der Waals surface area contributed by atoms with E-state index in [4.69, 9.17) is 4.74 Å². The van der Waals surface area contributed by atoms with Gasteiger partial charge in [-0.2, -0.15) is 0 Å². The van der Waals surface area contributed by atoms with E-state index in [2.05, 4.69) is 11.6 Å². The molecule has 2 aromatic rings. The number of nitrogens with zero attached hydrogens (tertiary/aromatic N) is 1. The number of phenols is 1. The van der Waals surface area contributed by atoms with Gasteiger partial charge >= 0.3 is 0 Å². The highest BCUT2D eigenvalue weighted by molar-refractivity contribution is 5.60. The van der Waals surface area contributed by atoms with Gasteiger partial charge in [0.2, 0.25) is 0 Å². The van der Waals surface area contributed by atoms with E-state index >= 15 is 0 Å². The van der Waals surface area contributed by atoms with E-state index in [0.29, 0.717) is 0 Å². The zero-order valence-electron chi connectivity index (χ0n) is 12.9. The smallest absolute Gasteiger partial charge is 0.137 e. The molecule has 0 fully saturated rings. The highest BCUT2D eigenvalue weighted by Crippen LogP contribution is 2.21. The summed E-state index contributed by atoms with van der Waals surface area (Å²) in [5.74, 6) is 1.06. The number of rotatable bonds is 9. The molecule has 0 aliphatic carbocycles. The van der Waals surface area contributed by atoms with E-state index < -0.39 is 0 Å². The molecule has 0 spiro atoms. The van der Waals surface area contributed by atoms with Gasteiger partial charge in [-0.3, -0.25) is 4.98 Å². The molecule has 3 nitrogen and oxygen atoms in total. The molecular weight excluding hydrogens is 274 g/mol. The molecule has 0 saturated heterocycles. The average molecular weight is 297 g/mol. The lowest BCUT2D eigenvalue weighted by atomic mass is 10.1. The van der Waals surface area contributed by atoms with Gasteiger partial charge in [-0.05, 0) is 55.7 Å². The van der Waals surface area contributed by atoms with Crippen LogP contribution in [0.25, 0.3) is 11.3 Å². The number of hydrogen-bond donors (Lipinski definition) is 1. The van der Waals surface area contributed by atoms with Crippen LogP contribution in [0.5, 0.6) is 11.5 Å². The van der Waals surface area contributed by atoms with Gasteiger partial charge in [0, 0.05) is 5.56 Å². The molecule has 0 aliphatic heterocycles. The van der Waals surface area contributed by atoms with Gasteiger partial charge in [0.25, 0.3) is 0 Å². The van der Waals surface area contributed by atoms with Gasteiger partial charge in [-0.25, -0.2) is 0 Å². The number of hydrogen-bond acceptors (Lipinski definition) is 3. The zero-order valence-corrected chi connectivity index (χ0v) is 12.9. The number of unbranched alkanes of at least 4 members (excludes halogenated alkanes) is 4. The summed E-state index contributed by atoms with van der Waals surface area (Å²) in [6, 6.07) is 10.9. The van der Waals surface area contributed by atoms with Crippen molar-refractivity contribution in [2.45, 2.75) is 32.1 Å². The van der Waals surface area contributed by atoms with Gasteiger partial charge in [0.05, 0.1) is 18.5 Å². The summed E-state index contributed by atoms with van der Waals surface area (Å²) in [5.41, 5.74) is 1.85. The number of aromatic nitrogens is 1. The third kappa shape index (κ3) is 5.24. The summed E-state index contributed by atoms with van der Waals surface area (Å²) >= 11 is 0. The van der Waals surface area contributed by atoms with Crippen LogP contribution in [0.15, 0.2) is 55.3 Å². The number of ether oxygens (including phenoxy) is 1. The summed E-state index contributed by atoms with van der Waals surface area (Å²) < 4.78 is 5.70. The SMILES string of the molecule is C=CCCCCCCOc1ccc(-c2ccc(O)cc2)nc1. The minimum absolute atomic E-state index is 0.261. The molecule has 1 heterocycles. The molecule has 3 heteroatoms. The second-order valence-corrected chi connectivity index (χ2v) is 5.27. The zero-order chi connectivity index (χ0) is 15.6. The Labute approximate surface area is 132 Å². The van der Waals surface area contributed by atoms with Crippen molar-refractivity contribution >= 4 is 0 Å². The maximum absolute atomic E-state index is 9.29. The normalized spacial score (nSPS) is 10.4. The summed E-state index contributed by atoms with van der Waals surface area (Å²) in [6.45, 7) is 4.45. The number of pyridine rings is 1. The fourth-order valence-corrected chi connectivity index (χ4v) is 2.20. The fraction of sp³-hybridized carbons (Fsp3) is 0.316. The first-order valence-corrected chi connectivity index (χ1v) is 7.79. The Hall–Kier alpha value is -2.29. The Morgan fingerprint density at radius 2 is 1.77 bits per heavy atom. The lowest BCUT2D eigenvalue weighted by molar-refractivity contribution is 0.303. The number of phenolic OH excluding ortho intramolecular Hbond substituents is 1. The van der Waals surface area contributed by atoms with Crippen molar-refractivity contribution in [2.24, 2.45) is 0 Å². The van der Waals surface area contributed by atoms with Gasteiger partial charge in [-0.1, -0.05) is 18.9 Å². The molecule has 0 radical (unpaired) electrons. The Morgan fingerprint density at radius 1 is 1.00 bits per heavy atom. The van der Waals surface area contributed by atoms with E-state index in [1.54, 1.807) is 18.3 Å². The molecule has 1 aromatic carbocycles. The monoisotopic (exact) mass is 297 g/mol. The second-order valence-electron chi connectivity index (χ2n) is 5.27. The molecule has 0 bridgehead atoms.